The molecule has 1 rings (SSSR count). The number of hydrogen-bond donors (Lipinski definition) is 1. The van der Waals surface area contributed by atoms with Gasteiger partial charge < -0.3 is 5.32 Å². The van der Waals surface area contributed by atoms with E-state index in [0.717, 1.165) is 22.9 Å². The molecule has 0 radical (unpaired) electrons. The van der Waals surface area contributed by atoms with Crippen LogP contribution < -0.4 is 5.32 Å². The topological polar surface area (TPSA) is 29.1 Å². The molecule has 0 aliphatic carbocycles. The minimum absolute atomic E-state index is 0.00662. The third-order valence-corrected chi connectivity index (χ3v) is 2.66. The highest BCUT2D eigenvalue weighted by atomic mass is 79.9. The second kappa shape index (κ2) is 5.91. The maximum Gasteiger partial charge on any atom is 0.251 e. The standard InChI is InChI=1S/C12H16BrNO/c1-9-4-3-5-11(8-9)12(15)14-10(2)6-7-13/h3-5,8,10H,6-7H2,1-2H3,(H,14,15). The van der Waals surface area contributed by atoms with Crippen molar-refractivity contribution in [1.29, 1.82) is 0 Å². The Bertz CT molecular complexity index is 338. The molecule has 1 aromatic rings. The van der Waals surface area contributed by atoms with Gasteiger partial charge in [-0.25, -0.2) is 0 Å². The van der Waals surface area contributed by atoms with Crippen LogP contribution in [-0.4, -0.2) is 17.3 Å². The van der Waals surface area contributed by atoms with Gasteiger partial charge in [0.2, 0.25) is 0 Å². The van der Waals surface area contributed by atoms with Crippen LogP contribution in [0.25, 0.3) is 0 Å². The summed E-state index contributed by atoms with van der Waals surface area (Å²) in [7, 11) is 0. The van der Waals surface area contributed by atoms with Crippen LogP contribution in [0, 0.1) is 6.92 Å². The summed E-state index contributed by atoms with van der Waals surface area (Å²) in [4.78, 5) is 11.8. The molecule has 0 heterocycles. The minimum Gasteiger partial charge on any atom is -0.350 e. The van der Waals surface area contributed by atoms with Crippen molar-refractivity contribution in [3.05, 3.63) is 35.4 Å². The molecule has 2 nitrogen and oxygen atoms in total. The normalized spacial score (nSPS) is 12.2. The number of hydrogen-bond acceptors (Lipinski definition) is 1. The summed E-state index contributed by atoms with van der Waals surface area (Å²) in [6, 6.07) is 7.83. The van der Waals surface area contributed by atoms with Gasteiger partial charge in [-0.15, -0.1) is 0 Å². The van der Waals surface area contributed by atoms with Gasteiger partial charge in [0.05, 0.1) is 0 Å². The predicted octanol–water partition coefficient (Wildman–Crippen LogP) is 2.90. The Morgan fingerprint density at radius 1 is 1.53 bits per heavy atom. The van der Waals surface area contributed by atoms with Gasteiger partial charge in [-0.05, 0) is 32.4 Å². The zero-order chi connectivity index (χ0) is 11.3. The molecule has 15 heavy (non-hydrogen) atoms. The van der Waals surface area contributed by atoms with Crippen LogP contribution in [0.15, 0.2) is 24.3 Å². The van der Waals surface area contributed by atoms with Gasteiger partial charge in [0, 0.05) is 16.9 Å². The Hall–Kier alpha value is -0.830. The quantitative estimate of drug-likeness (QED) is 0.837. The Balaban J connectivity index is 2.61. The Kier molecular flexibility index (Phi) is 4.82. The summed E-state index contributed by atoms with van der Waals surface area (Å²) in [6.07, 6.45) is 0.942. The fourth-order valence-electron chi connectivity index (χ4n) is 1.33. The number of alkyl halides is 1. The summed E-state index contributed by atoms with van der Waals surface area (Å²) < 4.78 is 0. The first kappa shape index (κ1) is 12.2. The van der Waals surface area contributed by atoms with Crippen LogP contribution in [0.4, 0.5) is 0 Å². The van der Waals surface area contributed by atoms with E-state index < -0.39 is 0 Å². The number of carbonyl (C=O) groups is 1. The number of benzene rings is 1. The van der Waals surface area contributed by atoms with Crippen molar-refractivity contribution in [3.63, 3.8) is 0 Å². The number of carbonyl (C=O) groups excluding carboxylic acids is 1. The highest BCUT2D eigenvalue weighted by Gasteiger charge is 2.08. The molecule has 0 spiro atoms. The molecule has 1 amide bonds. The lowest BCUT2D eigenvalue weighted by atomic mass is 10.1. The maximum absolute atomic E-state index is 11.8. The first-order valence-electron chi connectivity index (χ1n) is 5.07. The van der Waals surface area contributed by atoms with Crippen LogP contribution in [0.2, 0.25) is 0 Å². The fraction of sp³-hybridized carbons (Fsp3) is 0.417. The van der Waals surface area contributed by atoms with Gasteiger partial charge in [-0.2, -0.15) is 0 Å². The highest BCUT2D eigenvalue weighted by molar-refractivity contribution is 9.09. The van der Waals surface area contributed by atoms with Crippen molar-refractivity contribution in [1.82, 2.24) is 5.32 Å². The van der Waals surface area contributed by atoms with Crippen LogP contribution in [0.3, 0.4) is 0 Å². The number of amides is 1. The Morgan fingerprint density at radius 2 is 2.27 bits per heavy atom. The van der Waals surface area contributed by atoms with Crippen molar-refractivity contribution >= 4 is 21.8 Å². The summed E-state index contributed by atoms with van der Waals surface area (Å²) >= 11 is 3.36. The molecule has 1 N–H and O–H groups in total. The second-order valence-electron chi connectivity index (χ2n) is 3.72. The lowest BCUT2D eigenvalue weighted by Crippen LogP contribution is -2.32. The van der Waals surface area contributed by atoms with Gasteiger partial charge in [-0.3, -0.25) is 4.79 Å². The van der Waals surface area contributed by atoms with Gasteiger partial charge in [0.25, 0.3) is 5.91 Å². The summed E-state index contributed by atoms with van der Waals surface area (Å²) in [5, 5.41) is 3.86. The molecular formula is C12H16BrNO. The molecular weight excluding hydrogens is 254 g/mol. The van der Waals surface area contributed by atoms with Gasteiger partial charge >= 0.3 is 0 Å². The molecule has 0 fully saturated rings. The average molecular weight is 270 g/mol. The zero-order valence-electron chi connectivity index (χ0n) is 9.09. The Morgan fingerprint density at radius 3 is 2.87 bits per heavy atom. The van der Waals surface area contributed by atoms with E-state index in [1.165, 1.54) is 0 Å². The lowest BCUT2D eigenvalue weighted by molar-refractivity contribution is 0.0939. The average Bonchev–Trinajstić information content (AvgIpc) is 2.18. The van der Waals surface area contributed by atoms with Crippen molar-refractivity contribution in [2.45, 2.75) is 26.3 Å². The van der Waals surface area contributed by atoms with Gasteiger partial charge in [0.15, 0.2) is 0 Å². The second-order valence-corrected chi connectivity index (χ2v) is 4.51. The molecule has 0 bridgehead atoms. The van der Waals surface area contributed by atoms with Crippen molar-refractivity contribution in [2.75, 3.05) is 5.33 Å². The van der Waals surface area contributed by atoms with Crippen molar-refractivity contribution in [2.24, 2.45) is 0 Å². The van der Waals surface area contributed by atoms with Crippen LogP contribution >= 0.6 is 15.9 Å². The van der Waals surface area contributed by atoms with E-state index in [0.29, 0.717) is 0 Å². The first-order valence-corrected chi connectivity index (χ1v) is 6.19. The SMILES string of the molecule is Cc1cccc(C(=O)NC(C)CCBr)c1. The van der Waals surface area contributed by atoms with Crippen molar-refractivity contribution < 1.29 is 4.79 Å². The molecule has 1 aromatic carbocycles. The third-order valence-electron chi connectivity index (χ3n) is 2.20. The van der Waals surface area contributed by atoms with E-state index in [1.807, 2.05) is 38.1 Å². The highest BCUT2D eigenvalue weighted by Crippen LogP contribution is 2.04. The van der Waals surface area contributed by atoms with E-state index >= 15 is 0 Å². The minimum atomic E-state index is 0.00662. The fourth-order valence-corrected chi connectivity index (χ4v) is 2.02. The molecule has 0 aliphatic rings. The molecule has 0 aromatic heterocycles. The lowest BCUT2D eigenvalue weighted by Gasteiger charge is -2.12. The van der Waals surface area contributed by atoms with E-state index in [-0.39, 0.29) is 11.9 Å². The monoisotopic (exact) mass is 269 g/mol. The maximum atomic E-state index is 11.8. The molecule has 1 unspecified atom stereocenters. The smallest absolute Gasteiger partial charge is 0.251 e. The van der Waals surface area contributed by atoms with Crippen molar-refractivity contribution in [3.8, 4) is 0 Å². The largest absolute Gasteiger partial charge is 0.350 e. The molecule has 1 atom stereocenters. The zero-order valence-corrected chi connectivity index (χ0v) is 10.7. The van der Waals surface area contributed by atoms with Crippen LogP contribution in [-0.2, 0) is 0 Å². The number of rotatable bonds is 4. The molecule has 0 saturated heterocycles. The van der Waals surface area contributed by atoms with E-state index in [1.54, 1.807) is 0 Å². The van der Waals surface area contributed by atoms with E-state index in [4.69, 9.17) is 0 Å². The molecule has 0 aliphatic heterocycles. The van der Waals surface area contributed by atoms with E-state index in [2.05, 4.69) is 21.2 Å². The number of aryl methyl sites for hydroxylation is 1. The van der Waals surface area contributed by atoms with Crippen LogP contribution in [0.1, 0.15) is 29.3 Å². The Labute approximate surface area is 99.2 Å². The molecule has 3 heteroatoms. The number of halogens is 1. The predicted molar refractivity (Wildman–Crippen MR) is 66.5 cm³/mol. The van der Waals surface area contributed by atoms with E-state index in [9.17, 15) is 4.79 Å². The third kappa shape index (κ3) is 4.04. The summed E-state index contributed by atoms with van der Waals surface area (Å²) in [5.41, 5.74) is 1.84. The van der Waals surface area contributed by atoms with Gasteiger partial charge in [0.1, 0.15) is 0 Å². The van der Waals surface area contributed by atoms with Crippen LogP contribution in [0.5, 0.6) is 0 Å². The molecule has 82 valence electrons. The number of nitrogens with one attached hydrogen (secondary N) is 1. The first-order chi connectivity index (χ1) is 7.13. The summed E-state index contributed by atoms with van der Waals surface area (Å²) in [6.45, 7) is 3.99. The van der Waals surface area contributed by atoms with Gasteiger partial charge in [-0.1, -0.05) is 33.6 Å². The summed E-state index contributed by atoms with van der Waals surface area (Å²) in [5.74, 6) is 0.00662. The molecule has 0 saturated carbocycles.